The molecule has 0 N–H and O–H groups in total. The third-order valence-corrected chi connectivity index (χ3v) is 2.20. The Balaban J connectivity index is 2.60. The van der Waals surface area contributed by atoms with Gasteiger partial charge in [0.15, 0.2) is 5.78 Å². The van der Waals surface area contributed by atoms with E-state index in [0.29, 0.717) is 6.54 Å². The molecular weight excluding hydrogens is 214 g/mol. The number of nitrogens with zero attached hydrogens (tertiary/aromatic N) is 1. The minimum atomic E-state index is -0.186. The number of hydroxylamine groups is 2. The molecule has 0 saturated heterocycles. The number of hydrogen-bond donors (Lipinski definition) is 0. The Kier molecular flexibility index (Phi) is 4.43. The van der Waals surface area contributed by atoms with Crippen LogP contribution in [0.15, 0.2) is 24.3 Å². The molecule has 0 aliphatic heterocycles. The summed E-state index contributed by atoms with van der Waals surface area (Å²) in [6.07, 6.45) is 0. The van der Waals surface area contributed by atoms with Crippen LogP contribution in [0.4, 0.5) is 0 Å². The van der Waals surface area contributed by atoms with Gasteiger partial charge in [0.25, 0.3) is 0 Å². The van der Waals surface area contributed by atoms with Crippen molar-refractivity contribution in [2.45, 2.75) is 39.8 Å². The van der Waals surface area contributed by atoms with E-state index in [-0.39, 0.29) is 11.4 Å². The summed E-state index contributed by atoms with van der Waals surface area (Å²) in [6, 6.07) is 7.61. The summed E-state index contributed by atoms with van der Waals surface area (Å²) in [5, 5.41) is 1.81. The number of rotatable bonds is 4. The number of carbonyl (C=O) groups is 1. The van der Waals surface area contributed by atoms with Crippen molar-refractivity contribution in [2.75, 3.05) is 7.05 Å². The highest BCUT2D eigenvalue weighted by Crippen LogP contribution is 2.12. The summed E-state index contributed by atoms with van der Waals surface area (Å²) >= 11 is 0. The standard InChI is InChI=1S/C14H21NO2/c1-11(16)13-8-6-12(7-9-13)10-15(5)17-14(2,3)4/h6-9H,10H2,1-5H3. The van der Waals surface area contributed by atoms with Crippen LogP contribution < -0.4 is 0 Å². The fraction of sp³-hybridized carbons (Fsp3) is 0.500. The van der Waals surface area contributed by atoms with E-state index < -0.39 is 0 Å². The van der Waals surface area contributed by atoms with Gasteiger partial charge in [-0.3, -0.25) is 9.63 Å². The summed E-state index contributed by atoms with van der Waals surface area (Å²) in [4.78, 5) is 16.8. The van der Waals surface area contributed by atoms with Crippen LogP contribution >= 0.6 is 0 Å². The van der Waals surface area contributed by atoms with Gasteiger partial charge in [-0.15, -0.1) is 0 Å². The summed E-state index contributed by atoms with van der Waals surface area (Å²) in [5.41, 5.74) is 1.68. The van der Waals surface area contributed by atoms with Crippen LogP contribution in [0.5, 0.6) is 0 Å². The summed E-state index contributed by atoms with van der Waals surface area (Å²) < 4.78 is 0. The molecule has 0 radical (unpaired) electrons. The van der Waals surface area contributed by atoms with E-state index in [1.54, 1.807) is 6.92 Å². The third-order valence-electron chi connectivity index (χ3n) is 2.20. The first-order chi connectivity index (χ1) is 7.78. The van der Waals surface area contributed by atoms with E-state index in [0.717, 1.165) is 11.1 Å². The van der Waals surface area contributed by atoms with Gasteiger partial charge >= 0.3 is 0 Å². The van der Waals surface area contributed by atoms with Gasteiger partial charge in [-0.2, -0.15) is 5.06 Å². The molecule has 1 aromatic carbocycles. The fourth-order valence-electron chi connectivity index (χ4n) is 1.60. The molecule has 0 bridgehead atoms. The molecule has 0 spiro atoms. The van der Waals surface area contributed by atoms with Gasteiger partial charge < -0.3 is 0 Å². The lowest BCUT2D eigenvalue weighted by molar-refractivity contribution is -0.219. The minimum absolute atomic E-state index is 0.0934. The van der Waals surface area contributed by atoms with Crippen LogP contribution in [0.1, 0.15) is 43.6 Å². The molecule has 0 atom stereocenters. The second-order valence-corrected chi connectivity index (χ2v) is 5.24. The van der Waals surface area contributed by atoms with Crippen LogP contribution in [0, 0.1) is 0 Å². The molecular formula is C14H21NO2. The number of ketones is 1. The average molecular weight is 235 g/mol. The maximum atomic E-state index is 11.1. The largest absolute Gasteiger partial charge is 0.295 e. The first-order valence-corrected chi connectivity index (χ1v) is 5.78. The Morgan fingerprint density at radius 2 is 1.76 bits per heavy atom. The van der Waals surface area contributed by atoms with Gasteiger partial charge in [0.2, 0.25) is 0 Å². The molecule has 0 aliphatic rings. The van der Waals surface area contributed by atoms with Crippen molar-refractivity contribution in [1.82, 2.24) is 5.06 Å². The van der Waals surface area contributed by atoms with E-state index in [2.05, 4.69) is 0 Å². The number of carbonyl (C=O) groups excluding carboxylic acids is 1. The topological polar surface area (TPSA) is 29.5 Å². The van der Waals surface area contributed by atoms with E-state index in [1.807, 2.05) is 57.1 Å². The van der Waals surface area contributed by atoms with Crippen LogP contribution in [0.3, 0.4) is 0 Å². The lowest BCUT2D eigenvalue weighted by atomic mass is 10.1. The zero-order valence-corrected chi connectivity index (χ0v) is 11.3. The first kappa shape index (κ1) is 13.9. The summed E-state index contributed by atoms with van der Waals surface area (Å²) in [7, 11) is 1.91. The average Bonchev–Trinajstić information content (AvgIpc) is 2.15. The maximum Gasteiger partial charge on any atom is 0.159 e. The van der Waals surface area contributed by atoms with E-state index >= 15 is 0 Å². The van der Waals surface area contributed by atoms with Gasteiger partial charge in [-0.1, -0.05) is 24.3 Å². The Morgan fingerprint density at radius 1 is 1.24 bits per heavy atom. The molecule has 94 valence electrons. The molecule has 0 fully saturated rings. The van der Waals surface area contributed by atoms with Crippen LogP contribution in [0.25, 0.3) is 0 Å². The predicted octanol–water partition coefficient (Wildman–Crippen LogP) is 3.05. The van der Waals surface area contributed by atoms with Crippen molar-refractivity contribution in [3.63, 3.8) is 0 Å². The lowest BCUT2D eigenvalue weighted by Gasteiger charge is -2.26. The Morgan fingerprint density at radius 3 is 2.18 bits per heavy atom. The minimum Gasteiger partial charge on any atom is -0.295 e. The predicted molar refractivity (Wildman–Crippen MR) is 68.8 cm³/mol. The SMILES string of the molecule is CC(=O)c1ccc(CN(C)OC(C)(C)C)cc1. The molecule has 1 rings (SSSR count). The van der Waals surface area contributed by atoms with Crippen molar-refractivity contribution < 1.29 is 9.63 Å². The summed E-state index contributed by atoms with van der Waals surface area (Å²) in [5.74, 6) is 0.0934. The highest BCUT2D eigenvalue weighted by Gasteiger charge is 2.14. The van der Waals surface area contributed by atoms with Crippen molar-refractivity contribution >= 4 is 5.78 Å². The van der Waals surface area contributed by atoms with Gasteiger partial charge in [0, 0.05) is 19.2 Å². The van der Waals surface area contributed by atoms with Gasteiger partial charge in [0.1, 0.15) is 0 Å². The van der Waals surface area contributed by atoms with E-state index in [4.69, 9.17) is 4.84 Å². The lowest BCUT2D eigenvalue weighted by Crippen LogP contribution is -2.30. The molecule has 0 unspecified atom stereocenters. The van der Waals surface area contributed by atoms with E-state index in [1.165, 1.54) is 0 Å². The van der Waals surface area contributed by atoms with Crippen LogP contribution in [0.2, 0.25) is 0 Å². The van der Waals surface area contributed by atoms with Crippen molar-refractivity contribution in [2.24, 2.45) is 0 Å². The Labute approximate surface area is 103 Å². The number of hydrogen-bond acceptors (Lipinski definition) is 3. The monoisotopic (exact) mass is 235 g/mol. The first-order valence-electron chi connectivity index (χ1n) is 5.78. The highest BCUT2D eigenvalue weighted by atomic mass is 16.7. The molecule has 0 heterocycles. The van der Waals surface area contributed by atoms with Crippen LogP contribution in [-0.2, 0) is 11.4 Å². The van der Waals surface area contributed by atoms with Crippen molar-refractivity contribution in [3.05, 3.63) is 35.4 Å². The van der Waals surface area contributed by atoms with Gasteiger partial charge in [0.05, 0.1) is 5.60 Å². The second kappa shape index (κ2) is 5.43. The molecule has 1 aromatic rings. The Bertz CT molecular complexity index is 376. The van der Waals surface area contributed by atoms with Crippen molar-refractivity contribution in [3.8, 4) is 0 Å². The quantitative estimate of drug-likeness (QED) is 0.593. The normalized spacial score (nSPS) is 11.9. The molecule has 0 aliphatic carbocycles. The number of Topliss-reactive ketones (excluding diaryl/α,β-unsaturated/α-hetero) is 1. The molecule has 0 saturated carbocycles. The van der Waals surface area contributed by atoms with Crippen LogP contribution in [-0.4, -0.2) is 23.5 Å². The smallest absolute Gasteiger partial charge is 0.159 e. The third kappa shape index (κ3) is 5.11. The van der Waals surface area contributed by atoms with Crippen molar-refractivity contribution in [1.29, 1.82) is 0 Å². The fourth-order valence-corrected chi connectivity index (χ4v) is 1.60. The van der Waals surface area contributed by atoms with Gasteiger partial charge in [-0.05, 0) is 33.3 Å². The Hall–Kier alpha value is -1.19. The highest BCUT2D eigenvalue weighted by molar-refractivity contribution is 5.93. The molecule has 3 heteroatoms. The maximum absolute atomic E-state index is 11.1. The number of benzene rings is 1. The molecule has 3 nitrogen and oxygen atoms in total. The molecule has 0 amide bonds. The molecule has 0 aromatic heterocycles. The zero-order valence-electron chi connectivity index (χ0n) is 11.3. The second-order valence-electron chi connectivity index (χ2n) is 5.24. The summed E-state index contributed by atoms with van der Waals surface area (Å²) in [6.45, 7) is 8.33. The van der Waals surface area contributed by atoms with E-state index in [9.17, 15) is 4.79 Å². The zero-order chi connectivity index (χ0) is 13.1. The molecule has 17 heavy (non-hydrogen) atoms. The van der Waals surface area contributed by atoms with Gasteiger partial charge in [-0.25, -0.2) is 0 Å².